The number of para-hydroxylation sites is 1. The highest BCUT2D eigenvalue weighted by Crippen LogP contribution is 2.05. The Hall–Kier alpha value is -1.88. The second-order valence-electron chi connectivity index (χ2n) is 4.04. The van der Waals surface area contributed by atoms with Crippen molar-refractivity contribution in [2.24, 2.45) is 0 Å². The van der Waals surface area contributed by atoms with E-state index in [4.69, 9.17) is 0 Å². The summed E-state index contributed by atoms with van der Waals surface area (Å²) in [6.45, 7) is 1.50. The van der Waals surface area contributed by atoms with E-state index in [0.717, 1.165) is 12.2 Å². The minimum Gasteiger partial charge on any atom is -0.345 e. The molecule has 0 bridgehead atoms. The van der Waals surface area contributed by atoms with Crippen LogP contribution < -0.4 is 16.0 Å². The Morgan fingerprint density at radius 3 is 2.88 bits per heavy atom. The van der Waals surface area contributed by atoms with E-state index in [2.05, 4.69) is 10.6 Å². The fourth-order valence-corrected chi connectivity index (χ4v) is 1.83. The first kappa shape index (κ1) is 11.6. The molecule has 1 aromatic carbocycles. The van der Waals surface area contributed by atoms with E-state index in [1.165, 1.54) is 0 Å². The van der Waals surface area contributed by atoms with Crippen molar-refractivity contribution < 1.29 is 14.9 Å². The maximum Gasteiger partial charge on any atom is 0.278 e. The second-order valence-corrected chi connectivity index (χ2v) is 4.04. The van der Waals surface area contributed by atoms with Crippen LogP contribution in [0.25, 0.3) is 0 Å². The van der Waals surface area contributed by atoms with Crippen molar-refractivity contribution in [3.05, 3.63) is 30.3 Å². The number of amides is 2. The molecule has 0 aliphatic carbocycles. The molecular formula is C12H16N3O2+. The van der Waals surface area contributed by atoms with Crippen molar-refractivity contribution in [1.82, 2.24) is 5.32 Å². The van der Waals surface area contributed by atoms with Gasteiger partial charge < -0.3 is 16.0 Å². The number of hydrogen-bond acceptors (Lipinski definition) is 2. The first-order valence-electron chi connectivity index (χ1n) is 5.71. The number of hydrogen-bond donors (Lipinski definition) is 3. The molecule has 0 radical (unpaired) electrons. The lowest BCUT2D eigenvalue weighted by Gasteiger charge is -2.19. The molecule has 0 saturated carbocycles. The summed E-state index contributed by atoms with van der Waals surface area (Å²) >= 11 is 0. The van der Waals surface area contributed by atoms with Crippen molar-refractivity contribution >= 4 is 17.5 Å². The van der Waals surface area contributed by atoms with Gasteiger partial charge in [-0.05, 0) is 12.1 Å². The molecule has 5 nitrogen and oxygen atoms in total. The van der Waals surface area contributed by atoms with Gasteiger partial charge >= 0.3 is 0 Å². The summed E-state index contributed by atoms with van der Waals surface area (Å²) in [6.07, 6.45) is 0.209. The van der Waals surface area contributed by atoms with Crippen molar-refractivity contribution in [3.63, 3.8) is 0 Å². The molecule has 2 rings (SSSR count). The average Bonchev–Trinajstić information content (AvgIpc) is 2.33. The lowest BCUT2D eigenvalue weighted by Crippen LogP contribution is -2.96. The van der Waals surface area contributed by atoms with E-state index in [0.29, 0.717) is 6.54 Å². The predicted molar refractivity (Wildman–Crippen MR) is 63.3 cm³/mol. The van der Waals surface area contributed by atoms with Gasteiger partial charge in [-0.15, -0.1) is 0 Å². The monoisotopic (exact) mass is 234 g/mol. The van der Waals surface area contributed by atoms with Crippen LogP contribution in [0, 0.1) is 0 Å². The van der Waals surface area contributed by atoms with Gasteiger partial charge in [-0.1, -0.05) is 18.2 Å². The fourth-order valence-electron chi connectivity index (χ4n) is 1.83. The molecule has 1 atom stereocenters. The van der Waals surface area contributed by atoms with Gasteiger partial charge in [0.1, 0.15) is 0 Å². The smallest absolute Gasteiger partial charge is 0.278 e. The Bertz CT molecular complexity index is 405. The van der Waals surface area contributed by atoms with Crippen LogP contribution >= 0.6 is 0 Å². The highest BCUT2D eigenvalue weighted by atomic mass is 16.2. The van der Waals surface area contributed by atoms with Crippen molar-refractivity contribution in [1.29, 1.82) is 0 Å². The summed E-state index contributed by atoms with van der Waals surface area (Å²) in [5.41, 5.74) is 0.758. The highest BCUT2D eigenvalue weighted by molar-refractivity contribution is 5.94. The molecular weight excluding hydrogens is 218 g/mol. The van der Waals surface area contributed by atoms with Crippen molar-refractivity contribution in [2.45, 2.75) is 12.5 Å². The van der Waals surface area contributed by atoms with E-state index >= 15 is 0 Å². The number of piperazine rings is 1. The van der Waals surface area contributed by atoms with Gasteiger partial charge in [0, 0.05) is 5.69 Å². The topological polar surface area (TPSA) is 74.8 Å². The Morgan fingerprint density at radius 2 is 2.18 bits per heavy atom. The third-order valence-electron chi connectivity index (χ3n) is 2.69. The molecule has 1 aromatic rings. The quantitative estimate of drug-likeness (QED) is 0.632. The number of quaternary nitrogens is 1. The summed E-state index contributed by atoms with van der Waals surface area (Å²) in [6, 6.07) is 8.94. The van der Waals surface area contributed by atoms with Crippen LogP contribution in [0.3, 0.4) is 0 Å². The Kier molecular flexibility index (Phi) is 3.72. The van der Waals surface area contributed by atoms with E-state index in [9.17, 15) is 9.59 Å². The number of anilines is 1. The zero-order valence-corrected chi connectivity index (χ0v) is 9.48. The van der Waals surface area contributed by atoms with Crippen molar-refractivity contribution in [2.75, 3.05) is 18.4 Å². The molecule has 2 amide bonds. The maximum absolute atomic E-state index is 11.7. The Labute approximate surface area is 99.6 Å². The number of carbonyl (C=O) groups excluding carboxylic acids is 2. The predicted octanol–water partition coefficient (Wildman–Crippen LogP) is -0.923. The molecule has 1 aliphatic rings. The van der Waals surface area contributed by atoms with E-state index in [1.54, 1.807) is 0 Å². The van der Waals surface area contributed by atoms with E-state index in [1.807, 2.05) is 35.6 Å². The number of rotatable bonds is 3. The van der Waals surface area contributed by atoms with E-state index in [-0.39, 0.29) is 24.3 Å². The Morgan fingerprint density at radius 1 is 1.41 bits per heavy atom. The highest BCUT2D eigenvalue weighted by Gasteiger charge is 2.27. The fraction of sp³-hybridized carbons (Fsp3) is 0.333. The summed E-state index contributed by atoms with van der Waals surface area (Å²) in [5, 5.41) is 7.43. The number of nitrogens with one attached hydrogen (secondary N) is 2. The van der Waals surface area contributed by atoms with Gasteiger partial charge in [-0.3, -0.25) is 9.59 Å². The summed E-state index contributed by atoms with van der Waals surface area (Å²) in [7, 11) is 0. The molecule has 5 heteroatoms. The lowest BCUT2D eigenvalue weighted by atomic mass is 10.1. The molecule has 17 heavy (non-hydrogen) atoms. The largest absolute Gasteiger partial charge is 0.345 e. The molecule has 1 aliphatic heterocycles. The van der Waals surface area contributed by atoms with Crippen LogP contribution in [0.1, 0.15) is 6.42 Å². The molecule has 1 fully saturated rings. The van der Waals surface area contributed by atoms with Crippen LogP contribution in [0.5, 0.6) is 0 Å². The SMILES string of the molecule is O=C(C[C@@H]1[NH2+]CCNC1=O)Nc1ccccc1. The number of benzene rings is 1. The van der Waals surface area contributed by atoms with E-state index < -0.39 is 0 Å². The van der Waals surface area contributed by atoms with Gasteiger partial charge in [0.25, 0.3) is 5.91 Å². The van der Waals surface area contributed by atoms with Crippen LogP contribution in [0.2, 0.25) is 0 Å². The zero-order valence-electron chi connectivity index (χ0n) is 9.48. The van der Waals surface area contributed by atoms with Gasteiger partial charge in [0.05, 0.1) is 19.5 Å². The molecule has 1 saturated heterocycles. The summed E-state index contributed by atoms with van der Waals surface area (Å²) < 4.78 is 0. The average molecular weight is 234 g/mol. The normalized spacial score (nSPS) is 19.5. The molecule has 1 heterocycles. The second kappa shape index (κ2) is 5.45. The van der Waals surface area contributed by atoms with Crippen LogP contribution in [0.15, 0.2) is 30.3 Å². The van der Waals surface area contributed by atoms with Crippen molar-refractivity contribution in [3.8, 4) is 0 Å². The van der Waals surface area contributed by atoms with Gasteiger partial charge in [0.2, 0.25) is 5.91 Å². The molecule has 0 aromatic heterocycles. The summed E-state index contributed by atoms with van der Waals surface area (Å²) in [5.74, 6) is -0.186. The first-order chi connectivity index (χ1) is 8.25. The van der Waals surface area contributed by atoms with Gasteiger partial charge in [0.15, 0.2) is 6.04 Å². The number of nitrogens with two attached hydrogens (primary N) is 1. The molecule has 90 valence electrons. The minimum absolute atomic E-state index is 0.0561. The zero-order chi connectivity index (χ0) is 12.1. The standard InChI is InChI=1S/C12H15N3O2/c16-11(15-9-4-2-1-3-5-9)8-10-12(17)14-7-6-13-10/h1-5,10,13H,6-8H2,(H,14,17)(H,15,16)/p+1/t10-/m0/s1. The van der Waals surface area contributed by atoms with Crippen LogP contribution in [-0.4, -0.2) is 30.9 Å². The third-order valence-corrected chi connectivity index (χ3v) is 2.69. The molecule has 0 spiro atoms. The Balaban J connectivity index is 1.87. The first-order valence-corrected chi connectivity index (χ1v) is 5.71. The maximum atomic E-state index is 11.7. The van der Waals surface area contributed by atoms with Crippen LogP contribution in [0.4, 0.5) is 5.69 Å². The lowest BCUT2D eigenvalue weighted by molar-refractivity contribution is -0.678. The van der Waals surface area contributed by atoms with Crippen LogP contribution in [-0.2, 0) is 9.59 Å². The molecule has 0 unspecified atom stereocenters. The van der Waals surface area contributed by atoms with Gasteiger partial charge in [-0.2, -0.15) is 0 Å². The summed E-state index contributed by atoms with van der Waals surface area (Å²) in [4.78, 5) is 23.2. The third kappa shape index (κ3) is 3.29. The molecule has 4 N–H and O–H groups in total. The van der Waals surface area contributed by atoms with Gasteiger partial charge in [-0.25, -0.2) is 0 Å². The number of carbonyl (C=O) groups is 2. The minimum atomic E-state index is -0.299.